The molecule has 0 bridgehead atoms. The van der Waals surface area contributed by atoms with Gasteiger partial charge in [-0.15, -0.1) is 0 Å². The molecule has 0 aliphatic heterocycles. The van der Waals surface area contributed by atoms with Gasteiger partial charge in [-0.2, -0.15) is 0 Å². The molecule has 3 heteroatoms. The van der Waals surface area contributed by atoms with Crippen LogP contribution >= 0.6 is 12.2 Å². The lowest BCUT2D eigenvalue weighted by atomic mass is 9.98. The number of benzene rings is 1. The van der Waals surface area contributed by atoms with Crippen LogP contribution in [-0.2, 0) is 0 Å². The first-order valence-corrected chi connectivity index (χ1v) is 7.28. The number of hydrogen-bond donors (Lipinski definition) is 2. The van der Waals surface area contributed by atoms with Crippen LogP contribution in [0.25, 0.3) is 0 Å². The Labute approximate surface area is 114 Å². The first-order chi connectivity index (χ1) is 8.74. The quantitative estimate of drug-likeness (QED) is 0.772. The van der Waals surface area contributed by atoms with E-state index in [1.54, 1.807) is 0 Å². The van der Waals surface area contributed by atoms with E-state index in [0.29, 0.717) is 4.99 Å². The van der Waals surface area contributed by atoms with Gasteiger partial charge in [-0.3, -0.25) is 0 Å². The maximum Gasteiger partial charge on any atom is 0.103 e. The van der Waals surface area contributed by atoms with E-state index in [-0.39, 0.29) is 0 Å². The van der Waals surface area contributed by atoms with Crippen molar-refractivity contribution in [3.8, 4) is 0 Å². The highest BCUT2D eigenvalue weighted by molar-refractivity contribution is 7.80. The van der Waals surface area contributed by atoms with Crippen LogP contribution in [0.3, 0.4) is 0 Å². The van der Waals surface area contributed by atoms with Gasteiger partial charge in [-0.1, -0.05) is 12.2 Å². The molecule has 2 nitrogen and oxygen atoms in total. The minimum atomic E-state index is 0.468. The zero-order valence-electron chi connectivity index (χ0n) is 10.6. The SMILES string of the molecule is NC(=S)c1ccc(NCC(C2CC2)C2CC2)cc1. The Kier molecular flexibility index (Phi) is 3.25. The van der Waals surface area contributed by atoms with Gasteiger partial charge in [0.05, 0.1) is 0 Å². The van der Waals surface area contributed by atoms with Crippen molar-refractivity contribution in [3.63, 3.8) is 0 Å². The Hall–Kier alpha value is -1.09. The van der Waals surface area contributed by atoms with Crippen LogP contribution in [-0.4, -0.2) is 11.5 Å². The minimum Gasteiger partial charge on any atom is -0.389 e. The summed E-state index contributed by atoms with van der Waals surface area (Å²) in [6.07, 6.45) is 5.79. The number of nitrogens with one attached hydrogen (secondary N) is 1. The van der Waals surface area contributed by atoms with Crippen molar-refractivity contribution < 1.29 is 0 Å². The lowest BCUT2D eigenvalue weighted by molar-refractivity contribution is 0.428. The summed E-state index contributed by atoms with van der Waals surface area (Å²) in [5.41, 5.74) is 7.72. The fraction of sp³-hybridized carbons (Fsp3) is 0.533. The third-order valence-electron chi connectivity index (χ3n) is 4.17. The van der Waals surface area contributed by atoms with Crippen molar-refractivity contribution in [1.82, 2.24) is 0 Å². The summed E-state index contributed by atoms with van der Waals surface area (Å²) in [5, 5.41) is 3.57. The predicted octanol–water partition coefficient (Wildman–Crippen LogP) is 3.17. The number of hydrogen-bond acceptors (Lipinski definition) is 2. The molecule has 2 aliphatic rings. The van der Waals surface area contributed by atoms with Crippen molar-refractivity contribution in [2.24, 2.45) is 23.5 Å². The van der Waals surface area contributed by atoms with E-state index in [9.17, 15) is 0 Å². The first kappa shape index (κ1) is 12.0. The van der Waals surface area contributed by atoms with Crippen molar-refractivity contribution in [1.29, 1.82) is 0 Å². The van der Waals surface area contributed by atoms with E-state index in [1.807, 2.05) is 12.1 Å². The Balaban J connectivity index is 1.56. The molecule has 0 spiro atoms. The molecule has 3 rings (SSSR count). The zero-order chi connectivity index (χ0) is 12.5. The molecule has 0 radical (unpaired) electrons. The predicted molar refractivity (Wildman–Crippen MR) is 79.8 cm³/mol. The fourth-order valence-corrected chi connectivity index (χ4v) is 2.89. The third kappa shape index (κ3) is 2.83. The van der Waals surface area contributed by atoms with Gasteiger partial charge < -0.3 is 11.1 Å². The molecular formula is C15H20N2S. The van der Waals surface area contributed by atoms with Gasteiger partial charge in [0, 0.05) is 17.8 Å². The largest absolute Gasteiger partial charge is 0.389 e. The fourth-order valence-electron chi connectivity index (χ4n) is 2.76. The lowest BCUT2D eigenvalue weighted by Gasteiger charge is -2.17. The molecule has 0 heterocycles. The maximum atomic E-state index is 5.59. The second-order valence-electron chi connectivity index (χ2n) is 5.66. The second kappa shape index (κ2) is 4.88. The van der Waals surface area contributed by atoms with Crippen LogP contribution in [0.5, 0.6) is 0 Å². The molecule has 0 saturated heterocycles. The van der Waals surface area contributed by atoms with Crippen LogP contribution in [0.4, 0.5) is 5.69 Å². The van der Waals surface area contributed by atoms with E-state index >= 15 is 0 Å². The van der Waals surface area contributed by atoms with Crippen LogP contribution in [0, 0.1) is 17.8 Å². The standard InChI is InChI=1S/C15H20N2S/c16-15(18)12-5-7-13(8-6-12)17-9-14(10-1-2-10)11-3-4-11/h5-8,10-11,14,17H,1-4,9H2,(H2,16,18). The minimum absolute atomic E-state index is 0.468. The summed E-state index contributed by atoms with van der Waals surface area (Å²) in [6.45, 7) is 1.13. The highest BCUT2D eigenvalue weighted by Crippen LogP contribution is 2.49. The van der Waals surface area contributed by atoms with Gasteiger partial charge in [0.25, 0.3) is 0 Å². The number of thiocarbonyl (C=S) groups is 1. The average Bonchev–Trinajstić information content (AvgIpc) is 3.24. The third-order valence-corrected chi connectivity index (χ3v) is 4.40. The Morgan fingerprint density at radius 1 is 1.17 bits per heavy atom. The van der Waals surface area contributed by atoms with Gasteiger partial charge in [0.2, 0.25) is 0 Å². The molecule has 0 amide bonds. The van der Waals surface area contributed by atoms with Crippen LogP contribution in [0.1, 0.15) is 31.2 Å². The van der Waals surface area contributed by atoms with Crippen molar-refractivity contribution >= 4 is 22.9 Å². The number of anilines is 1. The van der Waals surface area contributed by atoms with Crippen molar-refractivity contribution in [2.45, 2.75) is 25.7 Å². The van der Waals surface area contributed by atoms with Crippen LogP contribution in [0.15, 0.2) is 24.3 Å². The van der Waals surface area contributed by atoms with Gasteiger partial charge in [-0.05, 0) is 67.7 Å². The molecule has 0 unspecified atom stereocenters. The molecule has 0 atom stereocenters. The molecular weight excluding hydrogens is 240 g/mol. The van der Waals surface area contributed by atoms with Crippen molar-refractivity contribution in [2.75, 3.05) is 11.9 Å². The summed E-state index contributed by atoms with van der Waals surface area (Å²) in [7, 11) is 0. The molecule has 2 fully saturated rings. The first-order valence-electron chi connectivity index (χ1n) is 6.88. The molecule has 1 aromatic carbocycles. The molecule has 96 valence electrons. The van der Waals surface area contributed by atoms with Gasteiger partial charge in [0.1, 0.15) is 4.99 Å². The number of rotatable bonds is 6. The maximum absolute atomic E-state index is 5.59. The summed E-state index contributed by atoms with van der Waals surface area (Å²) in [4.78, 5) is 0.468. The smallest absolute Gasteiger partial charge is 0.103 e. The average molecular weight is 260 g/mol. The lowest BCUT2D eigenvalue weighted by Crippen LogP contribution is -2.18. The van der Waals surface area contributed by atoms with E-state index in [4.69, 9.17) is 18.0 Å². The summed E-state index contributed by atoms with van der Waals surface area (Å²) in [6, 6.07) is 8.14. The molecule has 18 heavy (non-hydrogen) atoms. The summed E-state index contributed by atoms with van der Waals surface area (Å²) in [5.74, 6) is 2.90. The number of nitrogens with two attached hydrogens (primary N) is 1. The van der Waals surface area contributed by atoms with Crippen LogP contribution in [0.2, 0.25) is 0 Å². The Morgan fingerprint density at radius 2 is 1.72 bits per heavy atom. The molecule has 2 saturated carbocycles. The summed E-state index contributed by atoms with van der Waals surface area (Å²) >= 11 is 4.95. The van der Waals surface area contributed by atoms with E-state index in [1.165, 1.54) is 31.4 Å². The molecule has 2 aliphatic carbocycles. The molecule has 3 N–H and O–H groups in total. The summed E-state index contributed by atoms with van der Waals surface area (Å²) < 4.78 is 0. The second-order valence-corrected chi connectivity index (χ2v) is 6.10. The van der Waals surface area contributed by atoms with Gasteiger partial charge >= 0.3 is 0 Å². The Morgan fingerprint density at radius 3 is 2.17 bits per heavy atom. The zero-order valence-corrected chi connectivity index (χ0v) is 11.4. The van der Waals surface area contributed by atoms with Crippen LogP contribution < -0.4 is 11.1 Å². The monoisotopic (exact) mass is 260 g/mol. The molecule has 1 aromatic rings. The highest BCUT2D eigenvalue weighted by Gasteiger charge is 2.40. The topological polar surface area (TPSA) is 38.0 Å². The van der Waals surface area contributed by atoms with Crippen molar-refractivity contribution in [3.05, 3.63) is 29.8 Å². The molecule has 0 aromatic heterocycles. The highest BCUT2D eigenvalue weighted by atomic mass is 32.1. The van der Waals surface area contributed by atoms with Gasteiger partial charge in [-0.25, -0.2) is 0 Å². The van der Waals surface area contributed by atoms with E-state index in [2.05, 4.69) is 17.4 Å². The van der Waals surface area contributed by atoms with Gasteiger partial charge in [0.15, 0.2) is 0 Å². The Bertz CT molecular complexity index is 420. The van der Waals surface area contributed by atoms with E-state index < -0.39 is 0 Å². The normalized spacial score (nSPS) is 18.9. The van der Waals surface area contributed by atoms with E-state index in [0.717, 1.165) is 29.9 Å².